The van der Waals surface area contributed by atoms with Gasteiger partial charge in [-0.2, -0.15) is 0 Å². The standard InChI is InChI=1S/C8H6BrClF2/c1-4(9)7-5(11)2-3-6(12)8(7)10/h2-4H,1H3/t4-/m1/s1. The third kappa shape index (κ3) is 1.77. The second-order valence-corrected chi connectivity index (χ2v) is 4.12. The highest BCUT2D eigenvalue weighted by Gasteiger charge is 2.15. The third-order valence-corrected chi connectivity index (χ3v) is 2.32. The summed E-state index contributed by atoms with van der Waals surface area (Å²) in [5.74, 6) is -1.09. The van der Waals surface area contributed by atoms with E-state index in [1.54, 1.807) is 6.92 Å². The van der Waals surface area contributed by atoms with Crippen molar-refractivity contribution >= 4 is 27.5 Å². The minimum Gasteiger partial charge on any atom is -0.207 e. The van der Waals surface area contributed by atoms with E-state index in [1.807, 2.05) is 0 Å². The molecule has 0 fully saturated rings. The fourth-order valence-corrected chi connectivity index (χ4v) is 1.80. The zero-order chi connectivity index (χ0) is 9.30. The molecule has 0 saturated heterocycles. The van der Waals surface area contributed by atoms with Crippen molar-refractivity contribution < 1.29 is 8.78 Å². The van der Waals surface area contributed by atoms with E-state index in [0.29, 0.717) is 0 Å². The Labute approximate surface area is 82.7 Å². The summed E-state index contributed by atoms with van der Waals surface area (Å²) in [4.78, 5) is -0.291. The summed E-state index contributed by atoms with van der Waals surface area (Å²) in [5, 5.41) is -0.153. The first-order valence-corrected chi connectivity index (χ1v) is 4.61. The molecule has 1 aromatic rings. The quantitative estimate of drug-likeness (QED) is 0.524. The topological polar surface area (TPSA) is 0 Å². The first-order chi connectivity index (χ1) is 5.54. The molecule has 66 valence electrons. The molecule has 12 heavy (non-hydrogen) atoms. The van der Waals surface area contributed by atoms with Crippen molar-refractivity contribution in [2.24, 2.45) is 0 Å². The molecule has 4 heteroatoms. The van der Waals surface area contributed by atoms with Gasteiger partial charge in [-0.1, -0.05) is 27.5 Å². The second-order valence-electron chi connectivity index (χ2n) is 2.37. The summed E-state index contributed by atoms with van der Waals surface area (Å²) >= 11 is 8.68. The maximum absolute atomic E-state index is 13.0. The van der Waals surface area contributed by atoms with Gasteiger partial charge in [0.05, 0.1) is 5.02 Å². The van der Waals surface area contributed by atoms with Crippen molar-refractivity contribution in [3.8, 4) is 0 Å². The van der Waals surface area contributed by atoms with Crippen LogP contribution >= 0.6 is 27.5 Å². The first-order valence-electron chi connectivity index (χ1n) is 3.31. The number of rotatable bonds is 1. The van der Waals surface area contributed by atoms with Gasteiger partial charge >= 0.3 is 0 Å². The maximum Gasteiger partial charge on any atom is 0.142 e. The van der Waals surface area contributed by atoms with Crippen molar-refractivity contribution in [2.45, 2.75) is 11.8 Å². The van der Waals surface area contributed by atoms with Crippen LogP contribution in [0, 0.1) is 11.6 Å². The zero-order valence-corrected chi connectivity index (χ0v) is 8.59. The minimum atomic E-state index is -0.598. The van der Waals surface area contributed by atoms with Crippen molar-refractivity contribution in [1.29, 1.82) is 0 Å². The maximum atomic E-state index is 13.0. The van der Waals surface area contributed by atoms with Crippen molar-refractivity contribution in [3.05, 3.63) is 34.4 Å². The highest BCUT2D eigenvalue weighted by Crippen LogP contribution is 2.32. The first kappa shape index (κ1) is 9.93. The molecule has 0 amide bonds. The molecule has 0 heterocycles. The number of halogens is 4. The Bertz CT molecular complexity index is 299. The van der Waals surface area contributed by atoms with Crippen LogP contribution < -0.4 is 0 Å². The Balaban J connectivity index is 3.33. The average Bonchev–Trinajstić information content (AvgIpc) is 1.97. The van der Waals surface area contributed by atoms with Crippen LogP contribution in [0.3, 0.4) is 0 Å². The number of hydrogen-bond acceptors (Lipinski definition) is 0. The van der Waals surface area contributed by atoms with Crippen LogP contribution in [-0.4, -0.2) is 0 Å². The highest BCUT2D eigenvalue weighted by atomic mass is 79.9. The molecule has 0 bridgehead atoms. The van der Waals surface area contributed by atoms with Crippen LogP contribution in [0.2, 0.25) is 5.02 Å². The van der Waals surface area contributed by atoms with Gasteiger partial charge in [0.2, 0.25) is 0 Å². The highest BCUT2D eigenvalue weighted by molar-refractivity contribution is 9.09. The molecule has 0 N–H and O–H groups in total. The monoisotopic (exact) mass is 254 g/mol. The normalized spacial score (nSPS) is 13.1. The number of benzene rings is 1. The van der Waals surface area contributed by atoms with Crippen LogP contribution in [-0.2, 0) is 0 Å². The Morgan fingerprint density at radius 2 is 1.83 bits per heavy atom. The van der Waals surface area contributed by atoms with Gasteiger partial charge in [-0.05, 0) is 19.1 Å². The van der Waals surface area contributed by atoms with Gasteiger partial charge in [-0.15, -0.1) is 0 Å². The lowest BCUT2D eigenvalue weighted by atomic mass is 10.1. The van der Waals surface area contributed by atoms with Crippen LogP contribution in [0.4, 0.5) is 8.78 Å². The SMILES string of the molecule is C[C@@H](Br)c1c(F)ccc(F)c1Cl. The van der Waals surface area contributed by atoms with Crippen LogP contribution in [0.25, 0.3) is 0 Å². The lowest BCUT2D eigenvalue weighted by Gasteiger charge is -2.07. The predicted octanol–water partition coefficient (Wildman–Crippen LogP) is 4.07. The molecule has 0 unspecified atom stereocenters. The Hall–Kier alpha value is -0.150. The Morgan fingerprint density at radius 1 is 1.33 bits per heavy atom. The van der Waals surface area contributed by atoms with Crippen molar-refractivity contribution in [1.82, 2.24) is 0 Å². The van der Waals surface area contributed by atoms with E-state index in [1.165, 1.54) is 0 Å². The molecule has 0 spiro atoms. The van der Waals surface area contributed by atoms with Gasteiger partial charge in [-0.25, -0.2) is 8.78 Å². The van der Waals surface area contributed by atoms with Crippen LogP contribution in [0.1, 0.15) is 17.3 Å². The van der Waals surface area contributed by atoms with Gasteiger partial charge in [0.15, 0.2) is 0 Å². The summed E-state index contributed by atoms with van der Waals surface area (Å²) in [5.41, 5.74) is 0.164. The summed E-state index contributed by atoms with van der Waals surface area (Å²) in [6, 6.07) is 2.07. The molecule has 1 rings (SSSR count). The van der Waals surface area contributed by atoms with E-state index in [-0.39, 0.29) is 15.4 Å². The summed E-state index contributed by atoms with van der Waals surface area (Å²) in [7, 11) is 0. The summed E-state index contributed by atoms with van der Waals surface area (Å²) < 4.78 is 25.8. The predicted molar refractivity (Wildman–Crippen MR) is 48.7 cm³/mol. The molecule has 1 atom stereocenters. The van der Waals surface area contributed by atoms with Gasteiger partial charge in [0.1, 0.15) is 11.6 Å². The number of hydrogen-bond donors (Lipinski definition) is 0. The molecule has 0 aliphatic carbocycles. The molecule has 0 saturated carbocycles. The molecular formula is C8H6BrClF2. The smallest absolute Gasteiger partial charge is 0.142 e. The van der Waals surface area contributed by atoms with E-state index in [4.69, 9.17) is 11.6 Å². The Morgan fingerprint density at radius 3 is 2.25 bits per heavy atom. The lowest BCUT2D eigenvalue weighted by Crippen LogP contribution is -1.94. The summed E-state index contributed by atoms with van der Waals surface area (Å²) in [6.45, 7) is 1.68. The van der Waals surface area contributed by atoms with Gasteiger partial charge in [-0.3, -0.25) is 0 Å². The lowest BCUT2D eigenvalue weighted by molar-refractivity contribution is 0.587. The molecule has 0 radical (unpaired) electrons. The van der Waals surface area contributed by atoms with E-state index < -0.39 is 11.6 Å². The van der Waals surface area contributed by atoms with E-state index in [2.05, 4.69) is 15.9 Å². The molecule has 1 aromatic carbocycles. The second kappa shape index (κ2) is 3.71. The third-order valence-electron chi connectivity index (χ3n) is 1.48. The molecule has 0 nitrogen and oxygen atoms in total. The zero-order valence-electron chi connectivity index (χ0n) is 6.24. The molecule has 0 aromatic heterocycles. The van der Waals surface area contributed by atoms with E-state index in [9.17, 15) is 8.78 Å². The average molecular weight is 255 g/mol. The Kier molecular flexibility index (Phi) is 3.07. The fourth-order valence-electron chi connectivity index (χ4n) is 0.907. The summed E-state index contributed by atoms with van der Waals surface area (Å²) in [6.07, 6.45) is 0. The largest absolute Gasteiger partial charge is 0.207 e. The van der Waals surface area contributed by atoms with Gasteiger partial charge < -0.3 is 0 Å². The van der Waals surface area contributed by atoms with E-state index in [0.717, 1.165) is 12.1 Å². The van der Waals surface area contributed by atoms with Gasteiger partial charge in [0, 0.05) is 10.4 Å². The fraction of sp³-hybridized carbons (Fsp3) is 0.250. The van der Waals surface area contributed by atoms with Crippen LogP contribution in [0.5, 0.6) is 0 Å². The van der Waals surface area contributed by atoms with Crippen molar-refractivity contribution in [3.63, 3.8) is 0 Å². The molecule has 0 aliphatic heterocycles. The van der Waals surface area contributed by atoms with Gasteiger partial charge in [0.25, 0.3) is 0 Å². The van der Waals surface area contributed by atoms with Crippen molar-refractivity contribution in [2.75, 3.05) is 0 Å². The van der Waals surface area contributed by atoms with Crippen LogP contribution in [0.15, 0.2) is 12.1 Å². The molecule has 0 aliphatic rings. The number of alkyl halides is 1. The van der Waals surface area contributed by atoms with E-state index >= 15 is 0 Å². The molecular weight excluding hydrogens is 249 g/mol. The minimum absolute atomic E-state index is 0.153.